The van der Waals surface area contributed by atoms with Gasteiger partial charge in [-0.25, -0.2) is 4.79 Å². The summed E-state index contributed by atoms with van der Waals surface area (Å²) in [5, 5.41) is 11.3. The molecule has 0 saturated carbocycles. The largest absolute Gasteiger partial charge is 0.480 e. The van der Waals surface area contributed by atoms with E-state index in [1.807, 2.05) is 0 Å². The van der Waals surface area contributed by atoms with Crippen LogP contribution < -0.4 is 5.32 Å². The highest BCUT2D eigenvalue weighted by molar-refractivity contribution is 8.00. The summed E-state index contributed by atoms with van der Waals surface area (Å²) in [5.41, 5.74) is 0. The minimum Gasteiger partial charge on any atom is -0.480 e. The minimum absolute atomic E-state index is 0.0489. The summed E-state index contributed by atoms with van der Waals surface area (Å²) in [6, 6.07) is -0.736. The van der Waals surface area contributed by atoms with Crippen LogP contribution in [0.3, 0.4) is 0 Å². The first-order chi connectivity index (χ1) is 7.15. The third kappa shape index (κ3) is 3.74. The van der Waals surface area contributed by atoms with Gasteiger partial charge in [-0.05, 0) is 25.0 Å². The van der Waals surface area contributed by atoms with Crippen molar-refractivity contribution in [3.63, 3.8) is 0 Å². The summed E-state index contributed by atoms with van der Waals surface area (Å²) in [6.45, 7) is 1.76. The molecule has 0 radical (unpaired) electrons. The molecule has 1 saturated heterocycles. The van der Waals surface area contributed by atoms with Crippen molar-refractivity contribution in [2.45, 2.75) is 43.9 Å². The Kier molecular flexibility index (Phi) is 4.94. The van der Waals surface area contributed by atoms with Crippen molar-refractivity contribution < 1.29 is 14.7 Å². The molecule has 0 aromatic carbocycles. The lowest BCUT2D eigenvalue weighted by Crippen LogP contribution is -2.44. The van der Waals surface area contributed by atoms with Crippen molar-refractivity contribution in [2.75, 3.05) is 5.75 Å². The number of amides is 1. The fraction of sp³-hybridized carbons (Fsp3) is 0.800. The first kappa shape index (κ1) is 12.4. The Hall–Kier alpha value is -0.710. The van der Waals surface area contributed by atoms with E-state index in [0.717, 1.165) is 25.0 Å². The third-order valence-corrected chi connectivity index (χ3v) is 3.87. The lowest BCUT2D eigenvalue weighted by atomic mass is 10.1. The van der Waals surface area contributed by atoms with E-state index in [4.69, 9.17) is 5.11 Å². The molecule has 15 heavy (non-hydrogen) atoms. The average molecular weight is 231 g/mol. The summed E-state index contributed by atoms with van der Waals surface area (Å²) >= 11 is 1.63. The summed E-state index contributed by atoms with van der Waals surface area (Å²) in [6.07, 6.45) is 3.52. The normalized spacial score (nSPS) is 23.1. The highest BCUT2D eigenvalue weighted by Crippen LogP contribution is 2.25. The second kappa shape index (κ2) is 6.00. The van der Waals surface area contributed by atoms with E-state index < -0.39 is 12.0 Å². The molecule has 0 bridgehead atoms. The maximum absolute atomic E-state index is 11.7. The molecule has 0 aromatic rings. The molecule has 86 valence electrons. The molecule has 1 fully saturated rings. The smallest absolute Gasteiger partial charge is 0.326 e. The zero-order valence-corrected chi connectivity index (χ0v) is 9.68. The van der Waals surface area contributed by atoms with Crippen LogP contribution in [0.1, 0.15) is 32.6 Å². The fourth-order valence-electron chi connectivity index (χ4n) is 1.55. The Balaban J connectivity index is 2.42. The molecule has 0 spiro atoms. The number of rotatable bonds is 4. The van der Waals surface area contributed by atoms with Crippen LogP contribution in [0.25, 0.3) is 0 Å². The first-order valence-electron chi connectivity index (χ1n) is 5.30. The predicted octanol–water partition coefficient (Wildman–Crippen LogP) is 1.25. The average Bonchev–Trinajstić information content (AvgIpc) is 2.26. The van der Waals surface area contributed by atoms with Crippen molar-refractivity contribution in [1.29, 1.82) is 0 Å². The number of aliphatic carboxylic acids is 1. The highest BCUT2D eigenvalue weighted by Gasteiger charge is 2.25. The fourth-order valence-corrected chi connectivity index (χ4v) is 2.76. The summed E-state index contributed by atoms with van der Waals surface area (Å²) in [5.74, 6) is -0.0669. The molecule has 1 aliphatic heterocycles. The molecule has 2 atom stereocenters. The van der Waals surface area contributed by atoms with Crippen LogP contribution in [-0.2, 0) is 9.59 Å². The van der Waals surface area contributed by atoms with E-state index in [0.29, 0.717) is 6.42 Å². The monoisotopic (exact) mass is 231 g/mol. The van der Waals surface area contributed by atoms with Crippen LogP contribution in [-0.4, -0.2) is 34.0 Å². The summed E-state index contributed by atoms with van der Waals surface area (Å²) in [7, 11) is 0. The van der Waals surface area contributed by atoms with Crippen molar-refractivity contribution in [2.24, 2.45) is 0 Å². The molecule has 5 heteroatoms. The Morgan fingerprint density at radius 3 is 2.73 bits per heavy atom. The number of carboxylic acid groups (broad SMARTS) is 1. The number of carbonyl (C=O) groups is 2. The molecule has 0 aliphatic carbocycles. The van der Waals surface area contributed by atoms with Crippen LogP contribution in [0.4, 0.5) is 0 Å². The van der Waals surface area contributed by atoms with E-state index >= 15 is 0 Å². The Morgan fingerprint density at radius 1 is 1.53 bits per heavy atom. The van der Waals surface area contributed by atoms with E-state index in [-0.39, 0.29) is 11.2 Å². The molecular weight excluding hydrogens is 214 g/mol. The molecule has 1 aliphatic rings. The van der Waals surface area contributed by atoms with Crippen LogP contribution in [0, 0.1) is 0 Å². The maximum Gasteiger partial charge on any atom is 0.326 e. The molecule has 0 aromatic heterocycles. The van der Waals surface area contributed by atoms with Gasteiger partial charge in [0.05, 0.1) is 5.25 Å². The van der Waals surface area contributed by atoms with E-state index in [1.165, 1.54) is 0 Å². The van der Waals surface area contributed by atoms with Gasteiger partial charge in [-0.1, -0.05) is 13.3 Å². The van der Waals surface area contributed by atoms with E-state index in [9.17, 15) is 9.59 Å². The lowest BCUT2D eigenvalue weighted by Gasteiger charge is -2.22. The zero-order chi connectivity index (χ0) is 11.3. The van der Waals surface area contributed by atoms with Gasteiger partial charge in [0.2, 0.25) is 5.91 Å². The van der Waals surface area contributed by atoms with Crippen molar-refractivity contribution in [3.8, 4) is 0 Å². The quantitative estimate of drug-likeness (QED) is 0.764. The van der Waals surface area contributed by atoms with Gasteiger partial charge in [-0.15, -0.1) is 11.8 Å². The second-order valence-electron chi connectivity index (χ2n) is 3.66. The number of hydrogen-bond donors (Lipinski definition) is 2. The second-order valence-corrected chi connectivity index (χ2v) is 4.97. The van der Waals surface area contributed by atoms with Crippen molar-refractivity contribution in [3.05, 3.63) is 0 Å². The first-order valence-corrected chi connectivity index (χ1v) is 6.34. The van der Waals surface area contributed by atoms with Gasteiger partial charge in [0.25, 0.3) is 0 Å². The third-order valence-electron chi connectivity index (χ3n) is 2.49. The molecule has 2 N–H and O–H groups in total. The topological polar surface area (TPSA) is 66.4 Å². The molecule has 1 heterocycles. The molecule has 1 rings (SSSR count). The Bertz CT molecular complexity index is 239. The van der Waals surface area contributed by atoms with Gasteiger partial charge in [0.15, 0.2) is 0 Å². The number of hydrogen-bond acceptors (Lipinski definition) is 3. The number of carbonyl (C=O) groups excluding carboxylic acids is 1. The standard InChI is InChI=1S/C10H17NO3S/c1-2-7(10(13)14)11-9(12)8-5-3-4-6-15-8/h7-8H,2-6H2,1H3,(H,11,12)(H,13,14)/t7-,8?/m1/s1. The maximum atomic E-state index is 11.7. The van der Waals surface area contributed by atoms with Crippen molar-refractivity contribution in [1.82, 2.24) is 5.32 Å². The Labute approximate surface area is 93.8 Å². The van der Waals surface area contributed by atoms with Gasteiger partial charge in [-0.2, -0.15) is 0 Å². The predicted molar refractivity (Wildman–Crippen MR) is 60.0 cm³/mol. The molecular formula is C10H17NO3S. The minimum atomic E-state index is -0.952. The summed E-state index contributed by atoms with van der Waals surface area (Å²) < 4.78 is 0. The number of thioether (sulfide) groups is 1. The van der Waals surface area contributed by atoms with E-state index in [1.54, 1.807) is 18.7 Å². The molecule has 1 unspecified atom stereocenters. The zero-order valence-electron chi connectivity index (χ0n) is 8.86. The summed E-state index contributed by atoms with van der Waals surface area (Å²) in [4.78, 5) is 22.4. The van der Waals surface area contributed by atoms with Crippen LogP contribution in [0.15, 0.2) is 0 Å². The SMILES string of the molecule is CC[C@@H](NC(=O)C1CCCCS1)C(=O)O. The lowest BCUT2D eigenvalue weighted by molar-refractivity contribution is -0.141. The highest BCUT2D eigenvalue weighted by atomic mass is 32.2. The van der Waals surface area contributed by atoms with Crippen LogP contribution >= 0.6 is 11.8 Å². The van der Waals surface area contributed by atoms with Gasteiger partial charge in [-0.3, -0.25) is 4.79 Å². The van der Waals surface area contributed by atoms with Crippen LogP contribution in [0.2, 0.25) is 0 Å². The molecule has 4 nitrogen and oxygen atoms in total. The Morgan fingerprint density at radius 2 is 2.27 bits per heavy atom. The molecule has 1 amide bonds. The van der Waals surface area contributed by atoms with Gasteiger partial charge >= 0.3 is 5.97 Å². The van der Waals surface area contributed by atoms with E-state index in [2.05, 4.69) is 5.32 Å². The van der Waals surface area contributed by atoms with Gasteiger partial charge < -0.3 is 10.4 Å². The van der Waals surface area contributed by atoms with Crippen molar-refractivity contribution >= 4 is 23.6 Å². The number of carboxylic acids is 1. The van der Waals surface area contributed by atoms with Gasteiger partial charge in [0, 0.05) is 0 Å². The van der Waals surface area contributed by atoms with Gasteiger partial charge in [0.1, 0.15) is 6.04 Å². The van der Waals surface area contributed by atoms with Crippen LogP contribution in [0.5, 0.6) is 0 Å². The number of nitrogens with one attached hydrogen (secondary N) is 1.